The van der Waals surface area contributed by atoms with Gasteiger partial charge in [0.25, 0.3) is 0 Å². The van der Waals surface area contributed by atoms with Crippen molar-refractivity contribution in [2.45, 2.75) is 39.0 Å². The molecule has 3 aromatic rings. The van der Waals surface area contributed by atoms with Gasteiger partial charge < -0.3 is 15.6 Å². The van der Waals surface area contributed by atoms with E-state index in [9.17, 15) is 0 Å². The minimum absolute atomic E-state index is 0.551. The molecule has 1 aliphatic heterocycles. The first kappa shape index (κ1) is 17.0. The van der Waals surface area contributed by atoms with Crippen molar-refractivity contribution in [1.29, 1.82) is 0 Å². The molecule has 0 amide bonds. The number of benzene rings is 1. The average molecular weight is 349 g/mol. The second kappa shape index (κ2) is 7.46. The lowest BCUT2D eigenvalue weighted by Crippen LogP contribution is -2.27. The van der Waals surface area contributed by atoms with Crippen LogP contribution in [0.3, 0.4) is 0 Å². The highest BCUT2D eigenvalue weighted by atomic mass is 15.0. The molecule has 5 heteroatoms. The van der Waals surface area contributed by atoms with E-state index in [2.05, 4.69) is 63.0 Å². The third-order valence-corrected chi connectivity index (χ3v) is 5.33. The lowest BCUT2D eigenvalue weighted by molar-refractivity contribution is 0.452. The van der Waals surface area contributed by atoms with E-state index in [1.54, 1.807) is 0 Å². The third-order valence-electron chi connectivity index (χ3n) is 5.33. The van der Waals surface area contributed by atoms with E-state index in [0.29, 0.717) is 5.92 Å². The van der Waals surface area contributed by atoms with Gasteiger partial charge >= 0.3 is 0 Å². The number of anilines is 1. The van der Waals surface area contributed by atoms with Gasteiger partial charge in [-0.3, -0.25) is 0 Å². The van der Waals surface area contributed by atoms with Gasteiger partial charge in [-0.2, -0.15) is 0 Å². The van der Waals surface area contributed by atoms with Crippen molar-refractivity contribution in [2.75, 3.05) is 25.0 Å². The van der Waals surface area contributed by atoms with Gasteiger partial charge in [0.15, 0.2) is 0 Å². The van der Waals surface area contributed by atoms with Crippen LogP contribution in [-0.2, 0) is 6.42 Å². The number of aromatic nitrogens is 3. The Morgan fingerprint density at radius 3 is 2.85 bits per heavy atom. The normalized spacial score (nSPS) is 15.5. The van der Waals surface area contributed by atoms with E-state index in [4.69, 9.17) is 0 Å². The highest BCUT2D eigenvalue weighted by molar-refractivity contribution is 5.85. The van der Waals surface area contributed by atoms with Crippen molar-refractivity contribution in [3.8, 4) is 0 Å². The molecule has 4 rings (SSSR count). The minimum atomic E-state index is 0.551. The van der Waals surface area contributed by atoms with Gasteiger partial charge in [-0.15, -0.1) is 0 Å². The van der Waals surface area contributed by atoms with Gasteiger partial charge in [-0.1, -0.05) is 18.2 Å². The van der Waals surface area contributed by atoms with Crippen molar-refractivity contribution < 1.29 is 0 Å². The number of hydrogen-bond donors (Lipinski definition) is 3. The molecule has 0 spiro atoms. The lowest BCUT2D eigenvalue weighted by atomic mass is 9.94. The van der Waals surface area contributed by atoms with E-state index in [-0.39, 0.29) is 0 Å². The van der Waals surface area contributed by atoms with E-state index >= 15 is 0 Å². The van der Waals surface area contributed by atoms with E-state index in [1.807, 2.05) is 6.92 Å². The van der Waals surface area contributed by atoms with Crippen LogP contribution in [0.1, 0.15) is 41.4 Å². The molecule has 136 valence electrons. The number of piperidine rings is 1. The molecular formula is C21H27N5. The standard InChI is InChI=1S/C21H27N5/c1-14-4-3-5-18-17(13-24-21(14)18)8-11-23-20-12-19(25-15(2)26-20)16-6-9-22-10-7-16/h3-5,12-13,16,22,24H,6-11H2,1-2H3,(H,23,25,26). The van der Waals surface area contributed by atoms with E-state index < -0.39 is 0 Å². The summed E-state index contributed by atoms with van der Waals surface area (Å²) in [5.41, 5.74) is 5.07. The van der Waals surface area contributed by atoms with Gasteiger partial charge in [0.1, 0.15) is 11.6 Å². The van der Waals surface area contributed by atoms with Crippen LogP contribution >= 0.6 is 0 Å². The molecule has 26 heavy (non-hydrogen) atoms. The molecule has 3 heterocycles. The number of para-hydroxylation sites is 1. The first-order valence-corrected chi connectivity index (χ1v) is 9.56. The monoisotopic (exact) mass is 349 g/mol. The smallest absolute Gasteiger partial charge is 0.129 e. The van der Waals surface area contributed by atoms with Crippen molar-refractivity contribution in [1.82, 2.24) is 20.3 Å². The molecular weight excluding hydrogens is 322 g/mol. The summed E-state index contributed by atoms with van der Waals surface area (Å²) in [6.07, 6.45) is 5.41. The van der Waals surface area contributed by atoms with Crippen LogP contribution in [0, 0.1) is 13.8 Å². The summed E-state index contributed by atoms with van der Waals surface area (Å²) < 4.78 is 0. The Balaban J connectivity index is 1.44. The predicted octanol–water partition coefficient (Wildman–Crippen LogP) is 3.70. The number of nitrogens with zero attached hydrogens (tertiary/aromatic N) is 2. The number of aryl methyl sites for hydroxylation is 2. The van der Waals surface area contributed by atoms with Gasteiger partial charge in [0.2, 0.25) is 0 Å². The zero-order valence-corrected chi connectivity index (χ0v) is 15.6. The molecule has 3 N–H and O–H groups in total. The SMILES string of the molecule is Cc1nc(NCCc2c[nH]c3c(C)cccc23)cc(C2CCNCC2)n1. The molecule has 2 aromatic heterocycles. The van der Waals surface area contributed by atoms with Crippen LogP contribution in [0.15, 0.2) is 30.5 Å². The van der Waals surface area contributed by atoms with Gasteiger partial charge in [-0.25, -0.2) is 9.97 Å². The van der Waals surface area contributed by atoms with E-state index in [0.717, 1.165) is 50.5 Å². The van der Waals surface area contributed by atoms with E-state index in [1.165, 1.54) is 27.7 Å². The molecule has 0 saturated carbocycles. The number of fused-ring (bicyclic) bond motifs is 1. The number of H-pyrrole nitrogens is 1. The molecule has 1 saturated heterocycles. The fourth-order valence-corrected chi connectivity index (χ4v) is 3.90. The van der Waals surface area contributed by atoms with Crippen molar-refractivity contribution in [2.24, 2.45) is 0 Å². The largest absolute Gasteiger partial charge is 0.370 e. The minimum Gasteiger partial charge on any atom is -0.370 e. The average Bonchev–Trinajstić information content (AvgIpc) is 3.07. The van der Waals surface area contributed by atoms with Crippen LogP contribution in [-0.4, -0.2) is 34.6 Å². The highest BCUT2D eigenvalue weighted by Crippen LogP contribution is 2.25. The summed E-state index contributed by atoms with van der Waals surface area (Å²) in [6.45, 7) is 7.15. The Labute approximate surface area is 154 Å². The first-order valence-electron chi connectivity index (χ1n) is 9.56. The van der Waals surface area contributed by atoms with Crippen LogP contribution in [0.2, 0.25) is 0 Å². The second-order valence-electron chi connectivity index (χ2n) is 7.24. The molecule has 5 nitrogen and oxygen atoms in total. The Kier molecular flexibility index (Phi) is 4.89. The lowest BCUT2D eigenvalue weighted by Gasteiger charge is -2.22. The topological polar surface area (TPSA) is 65.6 Å². The zero-order chi connectivity index (χ0) is 17.9. The maximum atomic E-state index is 4.68. The number of hydrogen-bond acceptors (Lipinski definition) is 4. The third kappa shape index (κ3) is 3.58. The summed E-state index contributed by atoms with van der Waals surface area (Å²) in [5, 5.41) is 8.24. The van der Waals surface area contributed by atoms with Crippen molar-refractivity contribution >= 4 is 16.7 Å². The van der Waals surface area contributed by atoms with Gasteiger partial charge in [-0.05, 0) is 57.3 Å². The fourth-order valence-electron chi connectivity index (χ4n) is 3.90. The molecule has 1 fully saturated rings. The Morgan fingerprint density at radius 1 is 1.15 bits per heavy atom. The summed E-state index contributed by atoms with van der Waals surface area (Å²) in [7, 11) is 0. The Hall–Kier alpha value is -2.40. The molecule has 0 radical (unpaired) electrons. The Morgan fingerprint density at radius 2 is 2.00 bits per heavy atom. The number of rotatable bonds is 5. The summed E-state index contributed by atoms with van der Waals surface area (Å²) in [5.74, 6) is 2.35. The van der Waals surface area contributed by atoms with Crippen LogP contribution in [0.4, 0.5) is 5.82 Å². The zero-order valence-electron chi connectivity index (χ0n) is 15.6. The molecule has 1 aromatic carbocycles. The van der Waals surface area contributed by atoms with Gasteiger partial charge in [0, 0.05) is 41.3 Å². The number of nitrogens with one attached hydrogen (secondary N) is 3. The highest BCUT2D eigenvalue weighted by Gasteiger charge is 2.17. The van der Waals surface area contributed by atoms with Crippen molar-refractivity contribution in [3.05, 3.63) is 53.1 Å². The predicted molar refractivity (Wildman–Crippen MR) is 107 cm³/mol. The number of aromatic amines is 1. The summed E-state index contributed by atoms with van der Waals surface area (Å²) >= 11 is 0. The Bertz CT molecular complexity index is 893. The fraction of sp³-hybridized carbons (Fsp3) is 0.429. The molecule has 0 bridgehead atoms. The van der Waals surface area contributed by atoms with Gasteiger partial charge in [0.05, 0.1) is 0 Å². The first-order chi connectivity index (χ1) is 12.7. The molecule has 0 unspecified atom stereocenters. The maximum Gasteiger partial charge on any atom is 0.129 e. The van der Waals surface area contributed by atoms with Crippen molar-refractivity contribution in [3.63, 3.8) is 0 Å². The van der Waals surface area contributed by atoms with Crippen LogP contribution < -0.4 is 10.6 Å². The van der Waals surface area contributed by atoms with Crippen LogP contribution in [0.5, 0.6) is 0 Å². The second-order valence-corrected chi connectivity index (χ2v) is 7.24. The summed E-state index contributed by atoms with van der Waals surface area (Å²) in [4.78, 5) is 12.7. The molecule has 0 aliphatic carbocycles. The molecule has 0 atom stereocenters. The van der Waals surface area contributed by atoms with Crippen LogP contribution in [0.25, 0.3) is 10.9 Å². The maximum absolute atomic E-state index is 4.68. The summed E-state index contributed by atoms with van der Waals surface area (Å²) in [6, 6.07) is 8.61. The quantitative estimate of drug-likeness (QED) is 0.657. The molecule has 1 aliphatic rings.